The summed E-state index contributed by atoms with van der Waals surface area (Å²) in [7, 11) is 0. The standard InChI is InChI=1S/C60H44N4/c1-3-13-39(14-4-1)40-23-25-41(26-24-40)42-27-29-44(30-28-42)59-50-20-9-11-21-53(50)61-60(62-59)64-54-22-12-10-19-49(54)51-37-45(32-34-55(51)64)46-33-35-56-52(38-46)58-48-18-8-7-15-43(48)31-36-57(58)63(56)47-16-5-2-6-17-47/h1-16,18-38,47,51-52,55-56H,17H2. The summed E-state index contributed by atoms with van der Waals surface area (Å²) in [5.74, 6) is 1.11. The molecule has 5 unspecified atom stereocenters. The molecule has 4 nitrogen and oxygen atoms in total. The van der Waals surface area contributed by atoms with Gasteiger partial charge < -0.3 is 9.80 Å². The molecular weight excluding hydrogens is 777 g/mol. The Morgan fingerprint density at radius 2 is 1.11 bits per heavy atom. The van der Waals surface area contributed by atoms with E-state index in [0.717, 1.165) is 40.2 Å². The van der Waals surface area contributed by atoms with Crippen LogP contribution in [0.2, 0.25) is 0 Å². The molecule has 5 atom stereocenters. The number of hydrogen-bond donors (Lipinski definition) is 0. The predicted octanol–water partition coefficient (Wildman–Crippen LogP) is 14.2. The largest absolute Gasteiger partial charge is 0.357 e. The van der Waals surface area contributed by atoms with E-state index in [1.54, 1.807) is 0 Å². The minimum atomic E-state index is 0.0371. The monoisotopic (exact) mass is 820 g/mol. The van der Waals surface area contributed by atoms with Crippen LogP contribution in [0.25, 0.3) is 55.2 Å². The van der Waals surface area contributed by atoms with Crippen LogP contribution in [-0.2, 0) is 0 Å². The fraction of sp³-hybridized carbons (Fsp3) is 0.100. The van der Waals surface area contributed by atoms with Crippen molar-refractivity contribution >= 4 is 39.0 Å². The van der Waals surface area contributed by atoms with Gasteiger partial charge in [0.2, 0.25) is 5.95 Å². The molecule has 8 aromatic rings. The van der Waals surface area contributed by atoms with E-state index < -0.39 is 0 Å². The van der Waals surface area contributed by atoms with Crippen molar-refractivity contribution in [3.05, 3.63) is 247 Å². The van der Waals surface area contributed by atoms with Crippen molar-refractivity contribution in [1.82, 2.24) is 9.97 Å². The van der Waals surface area contributed by atoms with Gasteiger partial charge in [-0.2, -0.15) is 0 Å². The molecule has 0 radical (unpaired) electrons. The molecule has 3 aliphatic carbocycles. The Morgan fingerprint density at radius 3 is 1.88 bits per heavy atom. The number of benzene rings is 7. The lowest BCUT2D eigenvalue weighted by Gasteiger charge is -2.35. The maximum absolute atomic E-state index is 5.45. The summed E-state index contributed by atoms with van der Waals surface area (Å²) in [6.45, 7) is 0. The normalized spacial score (nSPS) is 21.4. The van der Waals surface area contributed by atoms with E-state index in [4.69, 9.17) is 9.97 Å². The molecule has 0 saturated carbocycles. The second-order valence-electron chi connectivity index (χ2n) is 17.6. The summed E-state index contributed by atoms with van der Waals surface area (Å²) in [5, 5.41) is 3.70. The van der Waals surface area contributed by atoms with Crippen LogP contribution in [0.3, 0.4) is 0 Å². The van der Waals surface area contributed by atoms with Crippen LogP contribution in [0.1, 0.15) is 29.4 Å². The van der Waals surface area contributed by atoms with Crippen LogP contribution in [0.4, 0.5) is 17.3 Å². The van der Waals surface area contributed by atoms with Gasteiger partial charge in [-0.15, -0.1) is 0 Å². The summed E-state index contributed by atoms with van der Waals surface area (Å²) < 4.78 is 0. The Hall–Kier alpha value is -7.82. The fourth-order valence-corrected chi connectivity index (χ4v) is 11.0. The fourth-order valence-electron chi connectivity index (χ4n) is 11.0. The van der Waals surface area contributed by atoms with Gasteiger partial charge in [0.05, 0.1) is 29.3 Å². The van der Waals surface area contributed by atoms with Crippen LogP contribution in [0.15, 0.2) is 236 Å². The van der Waals surface area contributed by atoms with E-state index in [1.165, 1.54) is 61.0 Å². The molecule has 2 aliphatic heterocycles. The van der Waals surface area contributed by atoms with E-state index in [-0.39, 0.29) is 23.9 Å². The molecule has 0 saturated heterocycles. The predicted molar refractivity (Wildman–Crippen MR) is 265 cm³/mol. The molecule has 304 valence electrons. The lowest BCUT2D eigenvalue weighted by molar-refractivity contribution is 0.612. The number of para-hydroxylation sites is 2. The van der Waals surface area contributed by atoms with Crippen molar-refractivity contribution < 1.29 is 0 Å². The first kappa shape index (κ1) is 36.8. The highest BCUT2D eigenvalue weighted by Crippen LogP contribution is 2.52. The lowest BCUT2D eigenvalue weighted by Crippen LogP contribution is -2.41. The van der Waals surface area contributed by atoms with Gasteiger partial charge in [0.1, 0.15) is 0 Å². The maximum atomic E-state index is 5.45. The Kier molecular flexibility index (Phi) is 8.58. The number of fused-ring (bicyclic) bond motifs is 9. The molecular formula is C60H44N4. The minimum absolute atomic E-state index is 0.0371. The summed E-state index contributed by atoms with van der Waals surface area (Å²) in [5.41, 5.74) is 15.6. The van der Waals surface area contributed by atoms with Gasteiger partial charge in [0.15, 0.2) is 0 Å². The SMILES string of the molecule is C1=CCC(N2c3ccc4ccccc4c3C3C=C(C4=CC5c6ccccc6N(c6nc(-c7ccc(-c8ccc(-c9ccccc9)cc8)cc7)c7ccccc7n6)C5C=C4)C=CC32)C=C1. The number of rotatable bonds is 6. The van der Waals surface area contributed by atoms with Crippen molar-refractivity contribution in [2.75, 3.05) is 9.80 Å². The van der Waals surface area contributed by atoms with Gasteiger partial charge >= 0.3 is 0 Å². The number of nitrogens with zero attached hydrogens (tertiary/aromatic N) is 4. The van der Waals surface area contributed by atoms with E-state index in [0.29, 0.717) is 6.04 Å². The molecule has 0 N–H and O–H groups in total. The Bertz CT molecular complexity index is 3330. The first-order chi connectivity index (χ1) is 31.7. The molecule has 3 heterocycles. The average molecular weight is 821 g/mol. The lowest BCUT2D eigenvalue weighted by atomic mass is 9.81. The van der Waals surface area contributed by atoms with Crippen molar-refractivity contribution in [1.29, 1.82) is 0 Å². The summed E-state index contributed by atoms with van der Waals surface area (Å²) in [6.07, 6.45) is 24.7. The zero-order valence-corrected chi connectivity index (χ0v) is 35.2. The van der Waals surface area contributed by atoms with Crippen molar-refractivity contribution in [3.8, 4) is 33.5 Å². The van der Waals surface area contributed by atoms with Crippen LogP contribution < -0.4 is 9.80 Å². The van der Waals surface area contributed by atoms with Gasteiger partial charge in [-0.3, -0.25) is 0 Å². The maximum Gasteiger partial charge on any atom is 0.231 e. The number of hydrogen-bond acceptors (Lipinski definition) is 4. The molecule has 4 heteroatoms. The minimum Gasteiger partial charge on any atom is -0.357 e. The Labute approximate surface area is 373 Å². The highest BCUT2D eigenvalue weighted by atomic mass is 15.3. The molecule has 0 spiro atoms. The van der Waals surface area contributed by atoms with E-state index in [2.05, 4.69) is 234 Å². The Balaban J connectivity index is 0.843. The van der Waals surface area contributed by atoms with E-state index >= 15 is 0 Å². The first-order valence-corrected chi connectivity index (χ1v) is 22.6. The summed E-state index contributed by atoms with van der Waals surface area (Å²) in [4.78, 5) is 15.8. The van der Waals surface area contributed by atoms with Crippen LogP contribution in [0.5, 0.6) is 0 Å². The van der Waals surface area contributed by atoms with Gasteiger partial charge in [-0.25, -0.2) is 9.97 Å². The molecule has 13 rings (SSSR count). The van der Waals surface area contributed by atoms with E-state index in [1.807, 2.05) is 0 Å². The molecule has 0 bridgehead atoms. The summed E-state index contributed by atoms with van der Waals surface area (Å²) in [6, 6.07) is 59.7. The number of allylic oxidation sites excluding steroid dienone is 6. The quantitative estimate of drug-likeness (QED) is 0.167. The van der Waals surface area contributed by atoms with Crippen molar-refractivity contribution in [3.63, 3.8) is 0 Å². The average Bonchev–Trinajstić information content (AvgIpc) is 3.89. The molecule has 0 amide bonds. The molecule has 1 aromatic heterocycles. The number of anilines is 3. The topological polar surface area (TPSA) is 32.3 Å². The summed E-state index contributed by atoms with van der Waals surface area (Å²) >= 11 is 0. The molecule has 5 aliphatic rings. The van der Waals surface area contributed by atoms with Gasteiger partial charge in [-0.05, 0) is 79.9 Å². The highest BCUT2D eigenvalue weighted by molar-refractivity contribution is 5.95. The first-order valence-electron chi connectivity index (χ1n) is 22.6. The highest BCUT2D eigenvalue weighted by Gasteiger charge is 2.43. The van der Waals surface area contributed by atoms with Crippen LogP contribution in [0, 0.1) is 0 Å². The van der Waals surface area contributed by atoms with Gasteiger partial charge in [0, 0.05) is 34.2 Å². The third-order valence-electron chi connectivity index (χ3n) is 14.1. The van der Waals surface area contributed by atoms with E-state index in [9.17, 15) is 0 Å². The van der Waals surface area contributed by atoms with Gasteiger partial charge in [-0.1, -0.05) is 206 Å². The number of aromatic nitrogens is 2. The zero-order valence-electron chi connectivity index (χ0n) is 35.2. The second kappa shape index (κ2) is 14.9. The smallest absolute Gasteiger partial charge is 0.231 e. The van der Waals surface area contributed by atoms with Crippen LogP contribution >= 0.6 is 0 Å². The second-order valence-corrected chi connectivity index (χ2v) is 17.6. The molecule has 7 aromatic carbocycles. The molecule has 0 fully saturated rings. The van der Waals surface area contributed by atoms with Crippen LogP contribution in [-0.4, -0.2) is 28.1 Å². The Morgan fingerprint density at radius 1 is 0.469 bits per heavy atom. The third-order valence-corrected chi connectivity index (χ3v) is 14.1. The molecule has 64 heavy (non-hydrogen) atoms. The van der Waals surface area contributed by atoms with Gasteiger partial charge in [0.25, 0.3) is 0 Å². The zero-order chi connectivity index (χ0) is 42.1. The third kappa shape index (κ3) is 5.97. The van der Waals surface area contributed by atoms with Crippen molar-refractivity contribution in [2.45, 2.75) is 36.4 Å². The van der Waals surface area contributed by atoms with Crippen molar-refractivity contribution in [2.24, 2.45) is 0 Å².